The Morgan fingerprint density at radius 2 is 2.03 bits per heavy atom. The molecule has 39 heavy (non-hydrogen) atoms. The normalized spacial score (nSPS) is 16.0. The first-order valence-corrected chi connectivity index (χ1v) is 14.2. The number of nitrogens with one attached hydrogen (secondary N) is 2. The van der Waals surface area contributed by atoms with E-state index in [0.29, 0.717) is 17.6 Å². The second kappa shape index (κ2) is 12.7. The molecule has 1 fully saturated rings. The number of fused-ring (bicyclic) bond motifs is 1. The van der Waals surface area contributed by atoms with Crippen molar-refractivity contribution in [3.05, 3.63) is 78.3 Å². The van der Waals surface area contributed by atoms with Gasteiger partial charge in [-0.2, -0.15) is 0 Å². The predicted octanol–water partition coefficient (Wildman–Crippen LogP) is 7.53. The first-order valence-electron chi connectivity index (χ1n) is 14.2. The quantitative estimate of drug-likeness (QED) is 0.166. The van der Waals surface area contributed by atoms with Gasteiger partial charge in [0.1, 0.15) is 5.69 Å². The molecule has 0 saturated carbocycles. The lowest BCUT2D eigenvalue weighted by atomic mass is 9.91. The summed E-state index contributed by atoms with van der Waals surface area (Å²) in [4.78, 5) is 32.1. The highest BCUT2D eigenvalue weighted by molar-refractivity contribution is 5.98. The van der Waals surface area contributed by atoms with Crippen LogP contribution in [0.2, 0.25) is 0 Å². The topological polar surface area (TPSA) is 86.8 Å². The maximum absolute atomic E-state index is 13.4. The van der Waals surface area contributed by atoms with Crippen molar-refractivity contribution in [3.8, 4) is 11.4 Å². The molecule has 0 bridgehead atoms. The molecule has 4 aromatic rings. The number of nitrogens with zero attached hydrogens (tertiary/aromatic N) is 4. The van der Waals surface area contributed by atoms with E-state index >= 15 is 0 Å². The third kappa shape index (κ3) is 6.91. The van der Waals surface area contributed by atoms with E-state index in [4.69, 9.17) is 0 Å². The average Bonchev–Trinajstić information content (AvgIpc) is 3.39. The molecule has 3 aromatic heterocycles. The fraction of sp³-hybridized carbons (Fsp3) is 0.375. The highest BCUT2D eigenvalue weighted by Crippen LogP contribution is 2.27. The number of benzene rings is 1. The molecule has 1 aliphatic rings. The number of hydrogen-bond acceptors (Lipinski definition) is 5. The van der Waals surface area contributed by atoms with E-state index in [1.165, 1.54) is 37.7 Å². The zero-order valence-corrected chi connectivity index (χ0v) is 23.0. The van der Waals surface area contributed by atoms with Crippen LogP contribution in [-0.2, 0) is 0 Å². The van der Waals surface area contributed by atoms with Gasteiger partial charge < -0.3 is 15.2 Å². The number of aromatic amines is 1. The zero-order chi connectivity index (χ0) is 27.0. The third-order valence-corrected chi connectivity index (χ3v) is 7.41. The molecule has 0 radical (unpaired) electrons. The van der Waals surface area contributed by atoms with Crippen LogP contribution >= 0.6 is 0 Å². The second-order valence-electron chi connectivity index (χ2n) is 10.6. The summed E-state index contributed by atoms with van der Waals surface area (Å²) in [5.74, 6) is 1.12. The number of allylic oxidation sites excluding steroid dienone is 2. The van der Waals surface area contributed by atoms with E-state index in [1.54, 1.807) is 12.4 Å². The van der Waals surface area contributed by atoms with Crippen molar-refractivity contribution in [3.63, 3.8) is 0 Å². The highest BCUT2D eigenvalue weighted by Gasteiger charge is 2.25. The highest BCUT2D eigenvalue weighted by atomic mass is 16.2. The summed E-state index contributed by atoms with van der Waals surface area (Å²) in [6.07, 6.45) is 14.2. The Morgan fingerprint density at radius 3 is 2.87 bits per heavy atom. The lowest BCUT2D eigenvalue weighted by Gasteiger charge is -2.32. The molecule has 1 saturated heterocycles. The van der Waals surface area contributed by atoms with Gasteiger partial charge in [0, 0.05) is 42.1 Å². The standard InChI is InChI=1S/C32H38N6O/c1-3-4-5-6-10-23(2)19-24-11-9-18-38(22-24)31(39)30-21-25-20-26(13-14-27(25)36-30)35-32-34-17-15-29(37-32)28-12-7-8-16-33-28/h7-8,10,12-17,20-21,24,36H,3-6,9,11,18-19,22H2,1-2H3,(H,34,35,37). The molecule has 1 atom stereocenters. The number of piperidine rings is 1. The molecule has 0 spiro atoms. The molecule has 0 aliphatic carbocycles. The van der Waals surface area contributed by atoms with Gasteiger partial charge in [-0.15, -0.1) is 0 Å². The summed E-state index contributed by atoms with van der Waals surface area (Å²) >= 11 is 0. The minimum atomic E-state index is 0.0846. The number of pyridine rings is 1. The van der Waals surface area contributed by atoms with Gasteiger partial charge in [-0.05, 0) is 87.4 Å². The van der Waals surface area contributed by atoms with Gasteiger partial charge in [0.15, 0.2) is 0 Å². The molecule has 1 aliphatic heterocycles. The number of aromatic nitrogens is 4. The van der Waals surface area contributed by atoms with Crippen molar-refractivity contribution >= 4 is 28.4 Å². The van der Waals surface area contributed by atoms with Crippen molar-refractivity contribution < 1.29 is 4.79 Å². The fourth-order valence-electron chi connectivity index (χ4n) is 5.40. The van der Waals surface area contributed by atoms with E-state index in [-0.39, 0.29) is 5.91 Å². The van der Waals surface area contributed by atoms with E-state index in [2.05, 4.69) is 45.2 Å². The SMILES string of the molecule is CCCCCC=C(C)CC1CCCN(C(=O)c2cc3cc(Nc4nccc(-c5ccccn5)n4)ccc3[nH]2)C1. The van der Waals surface area contributed by atoms with Crippen LogP contribution in [0.5, 0.6) is 0 Å². The second-order valence-corrected chi connectivity index (χ2v) is 10.6. The van der Waals surface area contributed by atoms with Crippen molar-refractivity contribution in [2.24, 2.45) is 5.92 Å². The number of hydrogen-bond donors (Lipinski definition) is 2. The first-order chi connectivity index (χ1) is 19.1. The van der Waals surface area contributed by atoms with Gasteiger partial charge >= 0.3 is 0 Å². The number of H-pyrrole nitrogens is 1. The summed E-state index contributed by atoms with van der Waals surface area (Å²) in [7, 11) is 0. The summed E-state index contributed by atoms with van der Waals surface area (Å²) < 4.78 is 0. The van der Waals surface area contributed by atoms with Gasteiger partial charge in [0.25, 0.3) is 5.91 Å². The van der Waals surface area contributed by atoms with Gasteiger partial charge in [-0.1, -0.05) is 37.5 Å². The summed E-state index contributed by atoms with van der Waals surface area (Å²) in [6, 6.07) is 15.5. The van der Waals surface area contributed by atoms with Gasteiger partial charge in [0.2, 0.25) is 5.95 Å². The van der Waals surface area contributed by atoms with Crippen LogP contribution in [0, 0.1) is 5.92 Å². The molecule has 202 valence electrons. The molecule has 1 unspecified atom stereocenters. The molecule has 2 N–H and O–H groups in total. The van der Waals surface area contributed by atoms with Crippen molar-refractivity contribution in [1.82, 2.24) is 24.8 Å². The fourth-order valence-corrected chi connectivity index (χ4v) is 5.40. The van der Waals surface area contributed by atoms with Crippen LogP contribution in [0.3, 0.4) is 0 Å². The van der Waals surface area contributed by atoms with Crippen LogP contribution in [0.15, 0.2) is 72.6 Å². The van der Waals surface area contributed by atoms with Crippen LogP contribution < -0.4 is 5.32 Å². The maximum Gasteiger partial charge on any atom is 0.270 e. The Hall–Kier alpha value is -4.00. The predicted molar refractivity (Wildman–Crippen MR) is 158 cm³/mol. The number of carbonyl (C=O) groups excluding carboxylic acids is 1. The van der Waals surface area contributed by atoms with Gasteiger partial charge in [-0.3, -0.25) is 9.78 Å². The number of rotatable bonds is 10. The summed E-state index contributed by atoms with van der Waals surface area (Å²) in [6.45, 7) is 6.13. The molecule has 7 heteroatoms. The number of unbranched alkanes of at least 4 members (excludes halogenated alkanes) is 3. The Bertz CT molecular complexity index is 1430. The molecule has 1 aromatic carbocycles. The Morgan fingerprint density at radius 1 is 1.10 bits per heavy atom. The number of likely N-dealkylation sites (tertiary alicyclic amines) is 1. The first kappa shape index (κ1) is 26.6. The Labute approximate surface area is 230 Å². The largest absolute Gasteiger partial charge is 0.351 e. The number of amides is 1. The van der Waals surface area contributed by atoms with Gasteiger partial charge in [0.05, 0.1) is 11.4 Å². The van der Waals surface area contributed by atoms with E-state index in [9.17, 15) is 4.79 Å². The smallest absolute Gasteiger partial charge is 0.270 e. The zero-order valence-electron chi connectivity index (χ0n) is 23.0. The average molecular weight is 523 g/mol. The van der Waals surface area contributed by atoms with E-state index < -0.39 is 0 Å². The van der Waals surface area contributed by atoms with Gasteiger partial charge in [-0.25, -0.2) is 9.97 Å². The molecule has 7 nitrogen and oxygen atoms in total. The van der Waals surface area contributed by atoms with Crippen LogP contribution in [0.1, 0.15) is 69.3 Å². The molecule has 1 amide bonds. The third-order valence-electron chi connectivity index (χ3n) is 7.41. The molecule has 4 heterocycles. The lowest BCUT2D eigenvalue weighted by Crippen LogP contribution is -2.40. The Kier molecular flexibility index (Phi) is 8.66. The summed E-state index contributed by atoms with van der Waals surface area (Å²) in [5.41, 5.74) is 5.45. The van der Waals surface area contributed by atoms with Crippen molar-refractivity contribution in [2.75, 3.05) is 18.4 Å². The monoisotopic (exact) mass is 522 g/mol. The van der Waals surface area contributed by atoms with E-state index in [1.807, 2.05) is 53.4 Å². The minimum absolute atomic E-state index is 0.0846. The minimum Gasteiger partial charge on any atom is -0.351 e. The van der Waals surface area contributed by atoms with E-state index in [0.717, 1.165) is 53.9 Å². The van der Waals surface area contributed by atoms with Crippen LogP contribution in [-0.4, -0.2) is 43.8 Å². The number of carbonyl (C=O) groups is 1. The molecule has 5 rings (SSSR count). The molecular weight excluding hydrogens is 484 g/mol. The van der Waals surface area contributed by atoms with Crippen LogP contribution in [0.4, 0.5) is 11.6 Å². The number of anilines is 2. The lowest BCUT2D eigenvalue weighted by molar-refractivity contribution is 0.0668. The summed E-state index contributed by atoms with van der Waals surface area (Å²) in [5, 5.41) is 4.26. The maximum atomic E-state index is 13.4. The van der Waals surface area contributed by atoms with Crippen molar-refractivity contribution in [2.45, 2.75) is 58.8 Å². The Balaban J connectivity index is 1.24. The van der Waals surface area contributed by atoms with Crippen molar-refractivity contribution in [1.29, 1.82) is 0 Å². The van der Waals surface area contributed by atoms with Crippen LogP contribution in [0.25, 0.3) is 22.3 Å². The molecular formula is C32H38N6O.